The summed E-state index contributed by atoms with van der Waals surface area (Å²) in [6.45, 7) is 0.223. The van der Waals surface area contributed by atoms with Crippen LogP contribution in [-0.4, -0.2) is 40.7 Å². The van der Waals surface area contributed by atoms with Gasteiger partial charge in [-0.15, -0.1) is 0 Å². The van der Waals surface area contributed by atoms with Gasteiger partial charge in [-0.2, -0.15) is 0 Å². The summed E-state index contributed by atoms with van der Waals surface area (Å²) in [4.78, 5) is 25.0. The van der Waals surface area contributed by atoms with Gasteiger partial charge in [0.15, 0.2) is 0 Å². The quantitative estimate of drug-likeness (QED) is 0.575. The van der Waals surface area contributed by atoms with Gasteiger partial charge in [0.05, 0.1) is 9.40 Å². The number of rotatable bonds is 7. The fraction of sp³-hybridized carbons (Fsp3) is 0.400. The monoisotopic (exact) mass is 333 g/mol. The van der Waals surface area contributed by atoms with Crippen molar-refractivity contribution in [1.82, 2.24) is 4.98 Å². The highest BCUT2D eigenvalue weighted by molar-refractivity contribution is 9.10. The highest BCUT2D eigenvalue weighted by Crippen LogP contribution is 2.31. The van der Waals surface area contributed by atoms with E-state index in [0.29, 0.717) is 4.47 Å². The number of anilines is 1. The molecule has 0 bridgehead atoms. The number of carboxylic acid groups (broad SMARTS) is 1. The van der Waals surface area contributed by atoms with Gasteiger partial charge in [-0.3, -0.25) is 15.1 Å². The van der Waals surface area contributed by atoms with E-state index in [9.17, 15) is 14.9 Å². The molecule has 0 saturated carbocycles. The lowest BCUT2D eigenvalue weighted by Crippen LogP contribution is -2.31. The van der Waals surface area contributed by atoms with E-state index in [1.54, 1.807) is 0 Å². The van der Waals surface area contributed by atoms with Gasteiger partial charge < -0.3 is 15.2 Å². The smallest absolute Gasteiger partial charge is 0.326 e. The number of halogens is 1. The van der Waals surface area contributed by atoms with Crippen molar-refractivity contribution in [3.63, 3.8) is 0 Å². The Balaban J connectivity index is 3.01. The summed E-state index contributed by atoms with van der Waals surface area (Å²) in [6, 6.07) is -0.989. The Morgan fingerprint density at radius 1 is 1.68 bits per heavy atom. The third-order valence-electron chi connectivity index (χ3n) is 2.30. The Hall–Kier alpha value is -1.74. The van der Waals surface area contributed by atoms with Crippen LogP contribution in [0.15, 0.2) is 16.9 Å². The molecule has 104 valence electrons. The van der Waals surface area contributed by atoms with Gasteiger partial charge >= 0.3 is 11.7 Å². The molecule has 1 rings (SSSR count). The molecule has 1 aromatic rings. The maximum absolute atomic E-state index is 11.1. The van der Waals surface area contributed by atoms with Crippen LogP contribution in [0.2, 0.25) is 0 Å². The number of carboxylic acids is 1. The van der Waals surface area contributed by atoms with Crippen LogP contribution in [0.3, 0.4) is 0 Å². The Morgan fingerprint density at radius 3 is 2.89 bits per heavy atom. The number of hydrogen-bond donors (Lipinski definition) is 2. The third kappa shape index (κ3) is 4.14. The Morgan fingerprint density at radius 2 is 2.37 bits per heavy atom. The zero-order chi connectivity index (χ0) is 14.4. The Kier molecular flexibility index (Phi) is 5.64. The number of aromatic nitrogens is 1. The highest BCUT2D eigenvalue weighted by atomic mass is 79.9. The molecule has 1 atom stereocenters. The van der Waals surface area contributed by atoms with Crippen LogP contribution in [-0.2, 0) is 9.53 Å². The van der Waals surface area contributed by atoms with Crippen molar-refractivity contribution in [2.24, 2.45) is 0 Å². The number of pyridine rings is 1. The fourth-order valence-corrected chi connectivity index (χ4v) is 1.81. The molecule has 0 aliphatic heterocycles. The lowest BCUT2D eigenvalue weighted by atomic mass is 10.2. The van der Waals surface area contributed by atoms with E-state index in [-0.39, 0.29) is 24.4 Å². The first-order valence-corrected chi connectivity index (χ1v) is 6.02. The van der Waals surface area contributed by atoms with E-state index in [1.165, 1.54) is 13.3 Å². The molecular formula is C10H12BrN3O5. The SMILES string of the molecule is COCCC(Nc1c(Br)cncc1[N+](=O)[O-])C(=O)O. The molecule has 2 N–H and O–H groups in total. The first kappa shape index (κ1) is 15.3. The van der Waals surface area contributed by atoms with Crippen molar-refractivity contribution in [1.29, 1.82) is 0 Å². The molecule has 0 amide bonds. The number of hydrogen-bond acceptors (Lipinski definition) is 6. The summed E-state index contributed by atoms with van der Waals surface area (Å²) in [5.41, 5.74) is -0.207. The second kappa shape index (κ2) is 7.00. The van der Waals surface area contributed by atoms with Gasteiger partial charge in [-0.05, 0) is 15.9 Å². The van der Waals surface area contributed by atoms with E-state index in [4.69, 9.17) is 9.84 Å². The third-order valence-corrected chi connectivity index (χ3v) is 2.90. The number of ether oxygens (including phenoxy) is 1. The standard InChI is InChI=1S/C10H12BrN3O5/c1-19-3-2-7(10(15)16)13-9-6(11)4-12-5-8(9)14(17)18/h4-5,7H,2-3H2,1H3,(H,12,13)(H,15,16). The van der Waals surface area contributed by atoms with Crippen LogP contribution in [0.1, 0.15) is 6.42 Å². The van der Waals surface area contributed by atoms with Crippen LogP contribution in [0.4, 0.5) is 11.4 Å². The second-order valence-corrected chi connectivity index (χ2v) is 4.44. The number of nitrogens with one attached hydrogen (secondary N) is 1. The predicted octanol–water partition coefficient (Wildman–Crippen LogP) is 1.65. The van der Waals surface area contributed by atoms with Crippen molar-refractivity contribution in [2.75, 3.05) is 19.0 Å². The zero-order valence-electron chi connectivity index (χ0n) is 10.00. The molecule has 1 unspecified atom stereocenters. The number of nitro groups is 1. The van der Waals surface area contributed by atoms with Gasteiger partial charge in [-0.25, -0.2) is 4.79 Å². The van der Waals surface area contributed by atoms with Crippen molar-refractivity contribution < 1.29 is 19.6 Å². The second-order valence-electron chi connectivity index (χ2n) is 3.59. The number of carbonyl (C=O) groups is 1. The van der Waals surface area contributed by atoms with Crippen molar-refractivity contribution in [3.8, 4) is 0 Å². The van der Waals surface area contributed by atoms with Gasteiger partial charge in [0.25, 0.3) is 0 Å². The minimum absolute atomic E-state index is 0.0866. The maximum Gasteiger partial charge on any atom is 0.326 e. The van der Waals surface area contributed by atoms with E-state index in [0.717, 1.165) is 6.20 Å². The molecule has 1 aromatic heterocycles. The molecular weight excluding hydrogens is 322 g/mol. The van der Waals surface area contributed by atoms with E-state index < -0.39 is 16.9 Å². The molecule has 1 heterocycles. The van der Waals surface area contributed by atoms with Gasteiger partial charge in [0.2, 0.25) is 0 Å². The summed E-state index contributed by atoms with van der Waals surface area (Å²) in [5.74, 6) is -1.12. The summed E-state index contributed by atoms with van der Waals surface area (Å²) in [5, 5.41) is 22.6. The van der Waals surface area contributed by atoms with Gasteiger partial charge in [-0.1, -0.05) is 0 Å². The van der Waals surface area contributed by atoms with Crippen LogP contribution >= 0.6 is 15.9 Å². The van der Waals surface area contributed by atoms with E-state index in [2.05, 4.69) is 26.2 Å². The fourth-order valence-electron chi connectivity index (χ4n) is 1.37. The molecule has 0 aliphatic rings. The van der Waals surface area contributed by atoms with Crippen molar-refractivity contribution in [2.45, 2.75) is 12.5 Å². The van der Waals surface area contributed by atoms with Crippen molar-refractivity contribution >= 4 is 33.3 Å². The molecule has 0 aliphatic carbocycles. The maximum atomic E-state index is 11.1. The van der Waals surface area contributed by atoms with E-state index in [1.807, 2.05) is 0 Å². The highest BCUT2D eigenvalue weighted by Gasteiger charge is 2.24. The lowest BCUT2D eigenvalue weighted by Gasteiger charge is -2.16. The Labute approximate surface area is 117 Å². The first-order valence-electron chi connectivity index (χ1n) is 5.23. The molecule has 0 aromatic carbocycles. The minimum atomic E-state index is -1.12. The molecule has 0 radical (unpaired) electrons. The van der Waals surface area contributed by atoms with Crippen LogP contribution in [0.25, 0.3) is 0 Å². The summed E-state index contributed by atoms with van der Waals surface area (Å²) < 4.78 is 5.13. The number of nitrogens with zero attached hydrogens (tertiary/aromatic N) is 2. The largest absolute Gasteiger partial charge is 0.480 e. The molecule has 0 fully saturated rings. The average molecular weight is 334 g/mol. The zero-order valence-corrected chi connectivity index (χ0v) is 11.6. The number of aliphatic carboxylic acids is 1. The van der Waals surface area contributed by atoms with E-state index >= 15 is 0 Å². The Bertz CT molecular complexity index is 482. The first-order chi connectivity index (χ1) is 8.97. The lowest BCUT2D eigenvalue weighted by molar-refractivity contribution is -0.384. The number of methoxy groups -OCH3 is 1. The van der Waals surface area contributed by atoms with Gasteiger partial charge in [0, 0.05) is 26.3 Å². The summed E-state index contributed by atoms with van der Waals surface area (Å²) in [7, 11) is 1.45. The molecule has 9 heteroatoms. The molecule has 0 spiro atoms. The van der Waals surface area contributed by atoms with Crippen molar-refractivity contribution in [3.05, 3.63) is 27.0 Å². The summed E-state index contributed by atoms with van der Waals surface area (Å²) >= 11 is 3.11. The summed E-state index contributed by atoms with van der Waals surface area (Å²) in [6.07, 6.45) is 2.59. The predicted molar refractivity (Wildman–Crippen MR) is 70.1 cm³/mol. The van der Waals surface area contributed by atoms with Crippen LogP contribution in [0, 0.1) is 10.1 Å². The molecule has 0 saturated heterocycles. The van der Waals surface area contributed by atoms with Crippen LogP contribution < -0.4 is 5.32 Å². The molecule has 8 nitrogen and oxygen atoms in total. The molecule has 19 heavy (non-hydrogen) atoms. The van der Waals surface area contributed by atoms with Gasteiger partial charge in [0.1, 0.15) is 17.9 Å². The topological polar surface area (TPSA) is 115 Å². The van der Waals surface area contributed by atoms with Crippen LogP contribution in [0.5, 0.6) is 0 Å². The normalized spacial score (nSPS) is 11.9. The average Bonchev–Trinajstić information content (AvgIpc) is 2.35. The minimum Gasteiger partial charge on any atom is -0.480 e.